The molecule has 0 aromatic carbocycles. The van der Waals surface area contributed by atoms with Crippen molar-refractivity contribution in [3.8, 4) is 0 Å². The first-order valence-corrected chi connectivity index (χ1v) is 21.9. The molecule has 0 saturated heterocycles. The third-order valence-corrected chi connectivity index (χ3v) is 15.8. The van der Waals surface area contributed by atoms with Crippen LogP contribution in [0.4, 0.5) is 0 Å². The molecule has 0 rings (SSSR count). The minimum Gasteiger partial charge on any atom is -0.0654 e. The highest BCUT2D eigenvalue weighted by Crippen LogP contribution is 2.64. The second-order valence-corrected chi connectivity index (χ2v) is 18.8. The van der Waals surface area contributed by atoms with Crippen molar-refractivity contribution in [2.75, 3.05) is 18.5 Å². The van der Waals surface area contributed by atoms with Crippen LogP contribution in [0, 0.1) is 0 Å². The van der Waals surface area contributed by atoms with E-state index in [0.29, 0.717) is 0 Å². The van der Waals surface area contributed by atoms with E-state index in [9.17, 15) is 0 Å². The first-order valence-electron chi connectivity index (χ1n) is 19.5. The standard InChI is InChI=1S/C39H82P/c1-6-9-12-15-18-21-24-27-30-33-36-40(39(4)5,37-34-31-28-25-22-19-16-13-10-7-2)38-35-32-29-26-23-20-17-14-11-8-3/h39H,6-38H2,1-5H3/q+1. The molecule has 0 bridgehead atoms. The maximum atomic E-state index is 2.62. The summed E-state index contributed by atoms with van der Waals surface area (Å²) in [5.41, 5.74) is 0.961. The molecule has 0 amide bonds. The van der Waals surface area contributed by atoms with Crippen LogP contribution in [0.3, 0.4) is 0 Å². The van der Waals surface area contributed by atoms with Gasteiger partial charge in [-0.05, 0) is 52.4 Å². The summed E-state index contributed by atoms with van der Waals surface area (Å²) in [5.74, 6) is 0. The van der Waals surface area contributed by atoms with Crippen molar-refractivity contribution in [1.82, 2.24) is 0 Å². The Morgan fingerprint density at radius 3 is 0.625 bits per heavy atom. The Hall–Kier alpha value is 0.430. The van der Waals surface area contributed by atoms with E-state index in [2.05, 4.69) is 34.6 Å². The van der Waals surface area contributed by atoms with Gasteiger partial charge in [0.25, 0.3) is 0 Å². The number of rotatable bonds is 34. The molecule has 40 heavy (non-hydrogen) atoms. The maximum Gasteiger partial charge on any atom is 0.0641 e. The summed E-state index contributed by atoms with van der Waals surface area (Å²) in [7, 11) is -0.790. The molecule has 0 aliphatic heterocycles. The van der Waals surface area contributed by atoms with Gasteiger partial charge in [-0.1, -0.05) is 175 Å². The van der Waals surface area contributed by atoms with E-state index < -0.39 is 7.26 Å². The molecule has 0 aliphatic rings. The van der Waals surface area contributed by atoms with Crippen LogP contribution in [-0.2, 0) is 0 Å². The predicted octanol–water partition coefficient (Wildman–Crippen LogP) is 15.2. The van der Waals surface area contributed by atoms with Gasteiger partial charge in [-0.15, -0.1) is 0 Å². The van der Waals surface area contributed by atoms with Crippen molar-refractivity contribution in [2.24, 2.45) is 0 Å². The maximum absolute atomic E-state index is 2.62. The van der Waals surface area contributed by atoms with E-state index in [-0.39, 0.29) is 0 Å². The van der Waals surface area contributed by atoms with Crippen molar-refractivity contribution >= 4 is 7.26 Å². The van der Waals surface area contributed by atoms with Crippen LogP contribution in [0.5, 0.6) is 0 Å². The highest BCUT2D eigenvalue weighted by atomic mass is 31.2. The smallest absolute Gasteiger partial charge is 0.0641 e. The first kappa shape index (κ1) is 40.4. The Bertz CT molecular complexity index is 396. The van der Waals surface area contributed by atoms with Gasteiger partial charge >= 0.3 is 0 Å². The molecular weight excluding hydrogens is 499 g/mol. The van der Waals surface area contributed by atoms with Gasteiger partial charge in [0, 0.05) is 7.26 Å². The monoisotopic (exact) mass is 582 g/mol. The number of unbranched alkanes of at least 4 members (excludes halogenated alkanes) is 27. The summed E-state index contributed by atoms with van der Waals surface area (Å²) >= 11 is 0. The van der Waals surface area contributed by atoms with E-state index >= 15 is 0 Å². The van der Waals surface area contributed by atoms with Gasteiger partial charge in [-0.2, -0.15) is 0 Å². The molecule has 0 radical (unpaired) electrons. The molecule has 0 spiro atoms. The summed E-state index contributed by atoms with van der Waals surface area (Å²) in [6.45, 7) is 12.2. The lowest BCUT2D eigenvalue weighted by Crippen LogP contribution is -2.18. The SMILES string of the molecule is CCCCCCCCCCCC[P+](CCCCCCCCCCCC)(CCCCCCCCCCCC)C(C)C. The molecule has 1 heteroatoms. The molecular formula is C39H82P+. The van der Waals surface area contributed by atoms with Crippen LogP contribution >= 0.6 is 7.26 Å². The summed E-state index contributed by atoms with van der Waals surface area (Å²) in [6, 6.07) is 0. The Labute approximate surface area is 258 Å². The normalized spacial score (nSPS) is 12.2. The first-order chi connectivity index (χ1) is 19.6. The highest BCUT2D eigenvalue weighted by Gasteiger charge is 2.38. The summed E-state index contributed by atoms with van der Waals surface area (Å²) in [6.07, 6.45) is 49.2. The molecule has 0 aromatic heterocycles. The zero-order valence-corrected chi connectivity index (χ0v) is 30.3. The van der Waals surface area contributed by atoms with E-state index in [1.54, 1.807) is 18.5 Å². The second kappa shape index (κ2) is 32.3. The van der Waals surface area contributed by atoms with E-state index in [4.69, 9.17) is 0 Å². The molecule has 0 fully saturated rings. The number of hydrogen-bond acceptors (Lipinski definition) is 0. The summed E-state index contributed by atoms with van der Waals surface area (Å²) in [5, 5.41) is 0. The van der Waals surface area contributed by atoms with Crippen LogP contribution < -0.4 is 0 Å². The van der Waals surface area contributed by atoms with E-state index in [0.717, 1.165) is 5.66 Å². The molecule has 0 aliphatic carbocycles. The molecule has 0 unspecified atom stereocenters. The zero-order chi connectivity index (χ0) is 29.4. The van der Waals surface area contributed by atoms with Crippen molar-refractivity contribution in [2.45, 2.75) is 233 Å². The van der Waals surface area contributed by atoms with Gasteiger partial charge in [-0.3, -0.25) is 0 Å². The van der Waals surface area contributed by atoms with Crippen molar-refractivity contribution in [1.29, 1.82) is 0 Å². The van der Waals surface area contributed by atoms with Gasteiger partial charge < -0.3 is 0 Å². The van der Waals surface area contributed by atoms with Crippen molar-refractivity contribution < 1.29 is 0 Å². The minimum absolute atomic E-state index is 0.790. The van der Waals surface area contributed by atoms with Gasteiger partial charge in [0.15, 0.2) is 0 Å². The summed E-state index contributed by atoms with van der Waals surface area (Å²) < 4.78 is 0. The Kier molecular flexibility index (Phi) is 32.7. The third kappa shape index (κ3) is 26.1. The van der Waals surface area contributed by atoms with Gasteiger partial charge in [0.1, 0.15) is 0 Å². The Morgan fingerprint density at radius 1 is 0.275 bits per heavy atom. The zero-order valence-electron chi connectivity index (χ0n) is 29.4. The molecule has 0 aromatic rings. The fraction of sp³-hybridized carbons (Fsp3) is 1.00. The molecule has 242 valence electrons. The molecule has 0 atom stereocenters. The van der Waals surface area contributed by atoms with Crippen LogP contribution in [0.25, 0.3) is 0 Å². The van der Waals surface area contributed by atoms with Crippen LogP contribution in [0.15, 0.2) is 0 Å². The lowest BCUT2D eigenvalue weighted by molar-refractivity contribution is 0.559. The molecule has 0 nitrogen and oxygen atoms in total. The van der Waals surface area contributed by atoms with Crippen LogP contribution in [0.2, 0.25) is 0 Å². The van der Waals surface area contributed by atoms with E-state index in [1.807, 2.05) is 0 Å². The summed E-state index contributed by atoms with van der Waals surface area (Å²) in [4.78, 5) is 0. The second-order valence-electron chi connectivity index (χ2n) is 14.0. The van der Waals surface area contributed by atoms with Gasteiger partial charge in [-0.25, -0.2) is 0 Å². The predicted molar refractivity (Wildman–Crippen MR) is 192 cm³/mol. The Morgan fingerprint density at radius 2 is 0.450 bits per heavy atom. The topological polar surface area (TPSA) is 0 Å². The average Bonchev–Trinajstić information content (AvgIpc) is 2.95. The largest absolute Gasteiger partial charge is 0.0654 e. The van der Waals surface area contributed by atoms with E-state index in [1.165, 1.54) is 193 Å². The molecule has 0 saturated carbocycles. The van der Waals surface area contributed by atoms with Gasteiger partial charge in [0.2, 0.25) is 0 Å². The quantitative estimate of drug-likeness (QED) is 0.0523. The van der Waals surface area contributed by atoms with Gasteiger partial charge in [0.05, 0.1) is 24.1 Å². The lowest BCUT2D eigenvalue weighted by atomic mass is 10.1. The van der Waals surface area contributed by atoms with Crippen LogP contribution in [-0.4, -0.2) is 24.1 Å². The minimum atomic E-state index is -0.790. The lowest BCUT2D eigenvalue weighted by Gasteiger charge is -2.32. The molecule has 0 N–H and O–H groups in total. The van der Waals surface area contributed by atoms with Crippen molar-refractivity contribution in [3.63, 3.8) is 0 Å². The fourth-order valence-corrected chi connectivity index (χ4v) is 11.6. The highest BCUT2D eigenvalue weighted by molar-refractivity contribution is 7.76. The fourth-order valence-electron chi connectivity index (χ4n) is 6.85. The Balaban J connectivity index is 4.38. The average molecular weight is 582 g/mol. The molecule has 0 heterocycles. The van der Waals surface area contributed by atoms with Crippen molar-refractivity contribution in [3.05, 3.63) is 0 Å². The van der Waals surface area contributed by atoms with Crippen LogP contribution in [0.1, 0.15) is 227 Å². The number of hydrogen-bond donors (Lipinski definition) is 0. The third-order valence-electron chi connectivity index (χ3n) is 9.97.